The molecule has 1 N–H and O–H groups in total. The average molecular weight is 262 g/mol. The topological polar surface area (TPSA) is 29.5 Å². The van der Waals surface area contributed by atoms with Crippen molar-refractivity contribution in [1.82, 2.24) is 0 Å². The van der Waals surface area contributed by atoms with Crippen LogP contribution in [0.1, 0.15) is 22.8 Å². The van der Waals surface area contributed by atoms with Gasteiger partial charge >= 0.3 is 0 Å². The molecule has 0 bridgehead atoms. The van der Waals surface area contributed by atoms with Gasteiger partial charge in [0.05, 0.1) is 6.61 Å². The summed E-state index contributed by atoms with van der Waals surface area (Å²) in [7, 11) is 0. The number of halogens is 2. The summed E-state index contributed by atoms with van der Waals surface area (Å²) < 4.78 is 31.9. The summed E-state index contributed by atoms with van der Waals surface area (Å²) in [5, 5.41) is 10.2. The molecule has 1 atom stereocenters. The zero-order valence-electron chi connectivity index (χ0n) is 10.1. The van der Waals surface area contributed by atoms with Crippen LogP contribution in [0.25, 0.3) is 0 Å². The van der Waals surface area contributed by atoms with Crippen molar-refractivity contribution in [2.75, 3.05) is 6.61 Å². The summed E-state index contributed by atoms with van der Waals surface area (Å²) in [6.07, 6.45) is -0.326. The number of aliphatic hydroxyl groups is 1. The zero-order chi connectivity index (χ0) is 13.4. The van der Waals surface area contributed by atoms with E-state index in [0.717, 1.165) is 29.9 Å². The average Bonchev–Trinajstić information content (AvgIpc) is 2.85. The molecule has 2 nitrogen and oxygen atoms in total. The van der Waals surface area contributed by atoms with Gasteiger partial charge in [0.15, 0.2) is 0 Å². The van der Waals surface area contributed by atoms with Gasteiger partial charge < -0.3 is 9.84 Å². The molecule has 1 aliphatic rings. The van der Waals surface area contributed by atoms with Gasteiger partial charge in [-0.3, -0.25) is 0 Å². The number of hydrogen-bond donors (Lipinski definition) is 1. The van der Waals surface area contributed by atoms with Gasteiger partial charge in [-0.15, -0.1) is 0 Å². The number of benzene rings is 2. The van der Waals surface area contributed by atoms with Crippen LogP contribution < -0.4 is 4.74 Å². The van der Waals surface area contributed by atoms with E-state index in [-0.39, 0.29) is 5.56 Å². The van der Waals surface area contributed by atoms with E-state index in [1.54, 1.807) is 18.2 Å². The molecule has 0 saturated heterocycles. The second kappa shape index (κ2) is 4.63. The van der Waals surface area contributed by atoms with E-state index in [4.69, 9.17) is 4.74 Å². The highest BCUT2D eigenvalue weighted by Gasteiger charge is 2.19. The smallest absolute Gasteiger partial charge is 0.132 e. The lowest BCUT2D eigenvalue weighted by Crippen LogP contribution is -2.03. The molecular weight excluding hydrogens is 250 g/mol. The summed E-state index contributed by atoms with van der Waals surface area (Å²) in [6, 6.07) is 8.43. The summed E-state index contributed by atoms with van der Waals surface area (Å²) in [6.45, 7) is 0.625. The second-order valence-electron chi connectivity index (χ2n) is 4.53. The van der Waals surface area contributed by atoms with E-state index in [2.05, 4.69) is 0 Å². The summed E-state index contributed by atoms with van der Waals surface area (Å²) >= 11 is 0. The Morgan fingerprint density at radius 3 is 2.74 bits per heavy atom. The normalized spacial score (nSPS) is 14.9. The molecule has 1 aliphatic heterocycles. The largest absolute Gasteiger partial charge is 0.493 e. The Labute approximate surface area is 109 Å². The van der Waals surface area contributed by atoms with Crippen LogP contribution in [-0.2, 0) is 6.42 Å². The number of rotatable bonds is 2. The van der Waals surface area contributed by atoms with Crippen molar-refractivity contribution in [2.24, 2.45) is 0 Å². The molecule has 2 aromatic rings. The molecule has 98 valence electrons. The molecule has 0 saturated carbocycles. The summed E-state index contributed by atoms with van der Waals surface area (Å²) in [5.41, 5.74) is 1.65. The fourth-order valence-electron chi connectivity index (χ4n) is 2.28. The van der Waals surface area contributed by atoms with E-state index >= 15 is 0 Å². The van der Waals surface area contributed by atoms with Gasteiger partial charge in [-0.2, -0.15) is 0 Å². The van der Waals surface area contributed by atoms with Crippen LogP contribution in [0.3, 0.4) is 0 Å². The van der Waals surface area contributed by atoms with Crippen molar-refractivity contribution >= 4 is 0 Å². The van der Waals surface area contributed by atoms with Gasteiger partial charge in [-0.1, -0.05) is 12.1 Å². The quantitative estimate of drug-likeness (QED) is 0.901. The first-order valence-electron chi connectivity index (χ1n) is 6.04. The molecule has 1 heterocycles. The zero-order valence-corrected chi connectivity index (χ0v) is 10.1. The van der Waals surface area contributed by atoms with Crippen molar-refractivity contribution in [3.05, 3.63) is 64.7 Å². The van der Waals surface area contributed by atoms with E-state index in [9.17, 15) is 13.9 Å². The van der Waals surface area contributed by atoms with Crippen molar-refractivity contribution in [3.63, 3.8) is 0 Å². The van der Waals surface area contributed by atoms with Crippen LogP contribution in [0.15, 0.2) is 36.4 Å². The van der Waals surface area contributed by atoms with Gasteiger partial charge in [-0.25, -0.2) is 8.78 Å². The minimum absolute atomic E-state index is 0.0697. The van der Waals surface area contributed by atoms with Crippen LogP contribution in [-0.4, -0.2) is 11.7 Å². The summed E-state index contributed by atoms with van der Waals surface area (Å²) in [5.74, 6) is -0.601. The third kappa shape index (κ3) is 2.19. The van der Waals surface area contributed by atoms with Gasteiger partial charge in [0, 0.05) is 18.1 Å². The highest BCUT2D eigenvalue weighted by molar-refractivity contribution is 5.42. The standard InChI is InChI=1S/C15H12F2O2/c16-11-2-3-12(13(17)8-11)15(18)10-1-4-14-9(7-10)5-6-19-14/h1-4,7-8,15,18H,5-6H2. The lowest BCUT2D eigenvalue weighted by atomic mass is 9.98. The fraction of sp³-hybridized carbons (Fsp3) is 0.200. The van der Waals surface area contributed by atoms with E-state index in [1.807, 2.05) is 0 Å². The Morgan fingerprint density at radius 1 is 1.11 bits per heavy atom. The molecule has 0 radical (unpaired) electrons. The van der Waals surface area contributed by atoms with E-state index < -0.39 is 17.7 Å². The van der Waals surface area contributed by atoms with Crippen LogP contribution in [0.2, 0.25) is 0 Å². The third-order valence-electron chi connectivity index (χ3n) is 3.29. The molecule has 0 fully saturated rings. The third-order valence-corrected chi connectivity index (χ3v) is 3.29. The van der Waals surface area contributed by atoms with Crippen molar-refractivity contribution in [3.8, 4) is 5.75 Å². The minimum Gasteiger partial charge on any atom is -0.493 e. The van der Waals surface area contributed by atoms with Gasteiger partial charge in [-0.05, 0) is 29.3 Å². The van der Waals surface area contributed by atoms with Crippen LogP contribution >= 0.6 is 0 Å². The molecular formula is C15H12F2O2. The van der Waals surface area contributed by atoms with Crippen molar-refractivity contribution in [2.45, 2.75) is 12.5 Å². The molecule has 4 heteroatoms. The monoisotopic (exact) mass is 262 g/mol. The lowest BCUT2D eigenvalue weighted by Gasteiger charge is -2.13. The predicted octanol–water partition coefficient (Wildman–Crippen LogP) is 2.98. The molecule has 1 unspecified atom stereocenters. The second-order valence-corrected chi connectivity index (χ2v) is 4.53. The van der Waals surface area contributed by atoms with Crippen molar-refractivity contribution in [1.29, 1.82) is 0 Å². The van der Waals surface area contributed by atoms with Crippen LogP contribution in [0.5, 0.6) is 5.75 Å². The highest BCUT2D eigenvalue weighted by Crippen LogP contribution is 2.31. The first kappa shape index (κ1) is 12.1. The lowest BCUT2D eigenvalue weighted by molar-refractivity contribution is 0.214. The van der Waals surface area contributed by atoms with E-state index in [0.29, 0.717) is 12.2 Å². The Kier molecular flexibility index (Phi) is 2.95. The molecule has 0 aliphatic carbocycles. The number of ether oxygens (including phenoxy) is 1. The Balaban J connectivity index is 1.97. The van der Waals surface area contributed by atoms with Gasteiger partial charge in [0.25, 0.3) is 0 Å². The fourth-order valence-corrected chi connectivity index (χ4v) is 2.28. The molecule has 2 aromatic carbocycles. The molecule has 0 amide bonds. The van der Waals surface area contributed by atoms with Crippen LogP contribution in [0.4, 0.5) is 8.78 Å². The maximum atomic E-state index is 13.6. The maximum absolute atomic E-state index is 13.6. The minimum atomic E-state index is -1.11. The highest BCUT2D eigenvalue weighted by atomic mass is 19.1. The Hall–Kier alpha value is -1.94. The first-order chi connectivity index (χ1) is 9.15. The van der Waals surface area contributed by atoms with Gasteiger partial charge in [0.1, 0.15) is 23.5 Å². The number of fused-ring (bicyclic) bond motifs is 1. The molecule has 3 rings (SSSR count). The predicted molar refractivity (Wildman–Crippen MR) is 66.1 cm³/mol. The Bertz CT molecular complexity index is 626. The first-order valence-corrected chi connectivity index (χ1v) is 6.04. The summed E-state index contributed by atoms with van der Waals surface area (Å²) in [4.78, 5) is 0. The van der Waals surface area contributed by atoms with Crippen LogP contribution in [0, 0.1) is 11.6 Å². The Morgan fingerprint density at radius 2 is 1.95 bits per heavy atom. The number of hydrogen-bond acceptors (Lipinski definition) is 2. The SMILES string of the molecule is OC(c1ccc2c(c1)CCO2)c1ccc(F)cc1F. The number of aliphatic hydroxyl groups excluding tert-OH is 1. The van der Waals surface area contributed by atoms with Gasteiger partial charge in [0.2, 0.25) is 0 Å². The molecule has 0 spiro atoms. The van der Waals surface area contributed by atoms with E-state index in [1.165, 1.54) is 6.07 Å². The molecule has 0 aromatic heterocycles. The van der Waals surface area contributed by atoms with Crippen molar-refractivity contribution < 1.29 is 18.6 Å². The maximum Gasteiger partial charge on any atom is 0.132 e. The molecule has 19 heavy (non-hydrogen) atoms.